The average Bonchev–Trinajstić information content (AvgIpc) is 3.25. The Hall–Kier alpha value is -3.48. The first-order chi connectivity index (χ1) is 12.2. The standard InChI is InChI=1S/C18H16N6O/c1-13-3-2-9-23-11-16(21-18(13)23)14-4-6-15(7-5-14)20-17(25)12-24-10-8-19-22-24/h2-11H,12H2,1H3,(H,20,25). The number of hydrogen-bond donors (Lipinski definition) is 1. The highest BCUT2D eigenvalue weighted by atomic mass is 16.2. The maximum absolute atomic E-state index is 12.0. The lowest BCUT2D eigenvalue weighted by atomic mass is 10.1. The topological polar surface area (TPSA) is 77.1 Å². The number of imidazole rings is 1. The molecule has 0 saturated carbocycles. The Balaban J connectivity index is 1.51. The van der Waals surface area contributed by atoms with Crippen molar-refractivity contribution in [2.75, 3.05) is 5.32 Å². The second-order valence-corrected chi connectivity index (χ2v) is 5.77. The fraction of sp³-hybridized carbons (Fsp3) is 0.111. The van der Waals surface area contributed by atoms with Crippen molar-refractivity contribution in [1.82, 2.24) is 24.4 Å². The molecule has 25 heavy (non-hydrogen) atoms. The quantitative estimate of drug-likeness (QED) is 0.623. The van der Waals surface area contributed by atoms with Crippen LogP contribution in [0.3, 0.4) is 0 Å². The van der Waals surface area contributed by atoms with Gasteiger partial charge in [0.1, 0.15) is 12.2 Å². The fourth-order valence-corrected chi connectivity index (χ4v) is 2.68. The minimum Gasteiger partial charge on any atom is -0.324 e. The molecule has 1 amide bonds. The first-order valence-electron chi connectivity index (χ1n) is 7.88. The molecule has 3 aromatic heterocycles. The van der Waals surface area contributed by atoms with E-state index < -0.39 is 0 Å². The van der Waals surface area contributed by atoms with Gasteiger partial charge in [0, 0.05) is 29.8 Å². The van der Waals surface area contributed by atoms with Gasteiger partial charge in [-0.05, 0) is 30.7 Å². The van der Waals surface area contributed by atoms with Crippen LogP contribution < -0.4 is 5.32 Å². The highest BCUT2D eigenvalue weighted by molar-refractivity contribution is 5.90. The minimum absolute atomic E-state index is 0.132. The normalized spacial score (nSPS) is 10.9. The van der Waals surface area contributed by atoms with E-state index in [1.807, 2.05) is 60.1 Å². The molecule has 0 unspecified atom stereocenters. The van der Waals surface area contributed by atoms with Crippen LogP contribution in [0.5, 0.6) is 0 Å². The van der Waals surface area contributed by atoms with E-state index in [-0.39, 0.29) is 12.5 Å². The Morgan fingerprint density at radius 1 is 1.16 bits per heavy atom. The third kappa shape index (κ3) is 3.12. The molecule has 0 fully saturated rings. The van der Waals surface area contributed by atoms with E-state index >= 15 is 0 Å². The summed E-state index contributed by atoms with van der Waals surface area (Å²) in [5, 5.41) is 10.3. The van der Waals surface area contributed by atoms with Gasteiger partial charge in [0.05, 0.1) is 11.9 Å². The predicted molar refractivity (Wildman–Crippen MR) is 94.0 cm³/mol. The molecular weight excluding hydrogens is 316 g/mol. The number of aromatic nitrogens is 5. The number of amides is 1. The molecule has 7 heteroatoms. The molecule has 1 N–H and O–H groups in total. The Kier molecular flexibility index (Phi) is 3.74. The van der Waals surface area contributed by atoms with Crippen LogP contribution in [0.2, 0.25) is 0 Å². The van der Waals surface area contributed by atoms with Crippen LogP contribution in [-0.4, -0.2) is 30.3 Å². The first-order valence-corrected chi connectivity index (χ1v) is 7.88. The Morgan fingerprint density at radius 2 is 2.00 bits per heavy atom. The summed E-state index contributed by atoms with van der Waals surface area (Å²) in [6, 6.07) is 11.7. The first kappa shape index (κ1) is 15.1. The Bertz CT molecular complexity index is 1020. The van der Waals surface area contributed by atoms with Gasteiger partial charge in [0.15, 0.2) is 0 Å². The molecule has 0 bridgehead atoms. The van der Waals surface area contributed by atoms with Crippen molar-refractivity contribution < 1.29 is 4.79 Å². The van der Waals surface area contributed by atoms with E-state index in [9.17, 15) is 4.79 Å². The zero-order valence-corrected chi connectivity index (χ0v) is 13.6. The van der Waals surface area contributed by atoms with Crippen LogP contribution in [0.1, 0.15) is 5.56 Å². The molecule has 4 rings (SSSR count). The third-order valence-corrected chi connectivity index (χ3v) is 3.92. The molecule has 0 aliphatic carbocycles. The molecule has 7 nitrogen and oxygen atoms in total. The number of nitrogens with zero attached hydrogens (tertiary/aromatic N) is 5. The van der Waals surface area contributed by atoms with Crippen LogP contribution in [-0.2, 0) is 11.3 Å². The number of benzene rings is 1. The van der Waals surface area contributed by atoms with E-state index in [1.54, 1.807) is 12.4 Å². The maximum Gasteiger partial charge on any atom is 0.246 e. The number of fused-ring (bicyclic) bond motifs is 1. The van der Waals surface area contributed by atoms with Gasteiger partial charge in [-0.25, -0.2) is 9.67 Å². The second-order valence-electron chi connectivity index (χ2n) is 5.77. The molecular formula is C18H16N6O. The van der Waals surface area contributed by atoms with Gasteiger partial charge < -0.3 is 9.72 Å². The zero-order chi connectivity index (χ0) is 17.2. The fourth-order valence-electron chi connectivity index (χ4n) is 2.68. The van der Waals surface area contributed by atoms with E-state index in [1.165, 1.54) is 4.68 Å². The van der Waals surface area contributed by atoms with E-state index in [2.05, 4.69) is 20.6 Å². The number of carbonyl (C=O) groups is 1. The molecule has 124 valence electrons. The number of anilines is 1. The Morgan fingerprint density at radius 3 is 2.72 bits per heavy atom. The Labute approximate surface area is 143 Å². The lowest BCUT2D eigenvalue weighted by Crippen LogP contribution is -2.19. The number of pyridine rings is 1. The van der Waals surface area contributed by atoms with Crippen molar-refractivity contribution in [3.05, 3.63) is 66.7 Å². The number of hydrogen-bond acceptors (Lipinski definition) is 4. The van der Waals surface area contributed by atoms with Crippen molar-refractivity contribution in [2.24, 2.45) is 0 Å². The SMILES string of the molecule is Cc1cccn2cc(-c3ccc(NC(=O)Cn4ccnn4)cc3)nc12. The van der Waals surface area contributed by atoms with Crippen molar-refractivity contribution in [2.45, 2.75) is 13.5 Å². The molecule has 4 aromatic rings. The van der Waals surface area contributed by atoms with Gasteiger partial charge in [-0.1, -0.05) is 23.4 Å². The van der Waals surface area contributed by atoms with Crippen molar-refractivity contribution >= 4 is 17.2 Å². The van der Waals surface area contributed by atoms with Crippen LogP contribution in [0.25, 0.3) is 16.9 Å². The monoisotopic (exact) mass is 332 g/mol. The largest absolute Gasteiger partial charge is 0.324 e. The number of nitrogens with one attached hydrogen (secondary N) is 1. The van der Waals surface area contributed by atoms with Gasteiger partial charge in [-0.3, -0.25) is 4.79 Å². The molecule has 1 aromatic carbocycles. The van der Waals surface area contributed by atoms with Crippen molar-refractivity contribution in [1.29, 1.82) is 0 Å². The summed E-state index contributed by atoms with van der Waals surface area (Å²) in [5.41, 5.74) is 4.70. The van der Waals surface area contributed by atoms with Gasteiger partial charge in [-0.15, -0.1) is 5.10 Å². The van der Waals surface area contributed by atoms with Crippen LogP contribution >= 0.6 is 0 Å². The summed E-state index contributed by atoms with van der Waals surface area (Å²) in [5.74, 6) is -0.151. The van der Waals surface area contributed by atoms with E-state index in [0.717, 1.165) is 28.2 Å². The van der Waals surface area contributed by atoms with Crippen molar-refractivity contribution in [3.8, 4) is 11.3 Å². The number of aryl methyl sites for hydroxylation is 1. The van der Waals surface area contributed by atoms with Crippen molar-refractivity contribution in [3.63, 3.8) is 0 Å². The van der Waals surface area contributed by atoms with Crippen LogP contribution in [0.15, 0.2) is 61.2 Å². The molecule has 0 atom stereocenters. The molecule has 0 aliphatic heterocycles. The van der Waals surface area contributed by atoms with Gasteiger partial charge >= 0.3 is 0 Å². The summed E-state index contributed by atoms with van der Waals surface area (Å²) in [6.45, 7) is 2.17. The van der Waals surface area contributed by atoms with Crippen LogP contribution in [0.4, 0.5) is 5.69 Å². The van der Waals surface area contributed by atoms with E-state index in [4.69, 9.17) is 0 Å². The summed E-state index contributed by atoms with van der Waals surface area (Å²) in [7, 11) is 0. The number of carbonyl (C=O) groups excluding carboxylic acids is 1. The highest BCUT2D eigenvalue weighted by Gasteiger charge is 2.07. The summed E-state index contributed by atoms with van der Waals surface area (Å²) in [4.78, 5) is 16.7. The summed E-state index contributed by atoms with van der Waals surface area (Å²) in [6.07, 6.45) is 7.17. The minimum atomic E-state index is -0.151. The molecule has 0 saturated heterocycles. The second kappa shape index (κ2) is 6.20. The van der Waals surface area contributed by atoms with E-state index in [0.29, 0.717) is 0 Å². The zero-order valence-electron chi connectivity index (χ0n) is 13.6. The molecule has 0 aliphatic rings. The van der Waals surface area contributed by atoms with Gasteiger partial charge in [-0.2, -0.15) is 0 Å². The predicted octanol–water partition coefficient (Wildman–Crippen LogP) is 2.54. The highest BCUT2D eigenvalue weighted by Crippen LogP contribution is 2.22. The van der Waals surface area contributed by atoms with Gasteiger partial charge in [0.25, 0.3) is 0 Å². The lowest BCUT2D eigenvalue weighted by Gasteiger charge is -2.05. The molecule has 3 heterocycles. The maximum atomic E-state index is 12.0. The lowest BCUT2D eigenvalue weighted by molar-refractivity contribution is -0.116. The smallest absolute Gasteiger partial charge is 0.246 e. The van der Waals surface area contributed by atoms with Crippen LogP contribution in [0, 0.1) is 6.92 Å². The summed E-state index contributed by atoms with van der Waals surface area (Å²) >= 11 is 0. The molecule has 0 radical (unpaired) electrons. The number of rotatable bonds is 4. The average molecular weight is 332 g/mol. The van der Waals surface area contributed by atoms with Gasteiger partial charge in [0.2, 0.25) is 5.91 Å². The summed E-state index contributed by atoms with van der Waals surface area (Å²) < 4.78 is 3.49. The third-order valence-electron chi connectivity index (χ3n) is 3.92. The molecule has 0 spiro atoms.